The van der Waals surface area contributed by atoms with E-state index >= 15 is 0 Å². The summed E-state index contributed by atoms with van der Waals surface area (Å²) in [5.74, 6) is 0. The predicted molar refractivity (Wildman–Crippen MR) is 108 cm³/mol. The molecule has 3 nitrogen and oxygen atoms in total. The zero-order valence-corrected chi connectivity index (χ0v) is 16.5. The summed E-state index contributed by atoms with van der Waals surface area (Å²) < 4.78 is 1.82. The van der Waals surface area contributed by atoms with Gasteiger partial charge in [0.05, 0.1) is 22.0 Å². The van der Waals surface area contributed by atoms with Crippen LogP contribution in [0.4, 0.5) is 0 Å². The van der Waals surface area contributed by atoms with E-state index in [0.29, 0.717) is 10.0 Å². The summed E-state index contributed by atoms with van der Waals surface area (Å²) in [7, 11) is 1.76. The van der Waals surface area contributed by atoms with Gasteiger partial charge in [0.2, 0.25) is 4.80 Å². The molecule has 0 aliphatic carbocycles. The zero-order valence-electron chi connectivity index (χ0n) is 14.1. The lowest BCUT2D eigenvalue weighted by molar-refractivity contribution is 0.848. The first-order valence-electron chi connectivity index (χ1n) is 7.70. The quantitative estimate of drug-likeness (QED) is 0.525. The van der Waals surface area contributed by atoms with Crippen molar-refractivity contribution in [1.29, 1.82) is 0 Å². The second-order valence-corrected chi connectivity index (χ2v) is 7.32. The maximum atomic E-state index is 6.17. The Morgan fingerprint density at radius 3 is 2.52 bits per heavy atom. The molecule has 0 spiro atoms. The van der Waals surface area contributed by atoms with Crippen LogP contribution in [0, 0.1) is 13.8 Å². The van der Waals surface area contributed by atoms with Gasteiger partial charge in [-0.1, -0.05) is 53.0 Å². The molecular formula is C19H17Cl2N3S. The monoisotopic (exact) mass is 389 g/mol. The standard InChI is InChI=1S/C19H17Cl2N3S/c1-12-4-5-15(13(2)8-12)10-23-24-18(11-25-19(24)22-3)14-6-7-16(20)17(21)9-14/h4-11H,1-3H3/b22-19?,23-10+. The number of halogens is 2. The van der Waals surface area contributed by atoms with Crippen LogP contribution in [0.1, 0.15) is 16.7 Å². The van der Waals surface area contributed by atoms with E-state index in [1.165, 1.54) is 22.5 Å². The van der Waals surface area contributed by atoms with E-state index in [-0.39, 0.29) is 0 Å². The molecule has 0 saturated heterocycles. The fourth-order valence-corrected chi connectivity index (χ4v) is 3.61. The average Bonchev–Trinajstić information content (AvgIpc) is 2.99. The molecule has 0 saturated carbocycles. The summed E-state index contributed by atoms with van der Waals surface area (Å²) in [6.45, 7) is 4.16. The summed E-state index contributed by atoms with van der Waals surface area (Å²) in [4.78, 5) is 5.12. The van der Waals surface area contributed by atoms with E-state index in [4.69, 9.17) is 23.2 Å². The van der Waals surface area contributed by atoms with Crippen molar-refractivity contribution < 1.29 is 0 Å². The Morgan fingerprint density at radius 2 is 1.84 bits per heavy atom. The number of rotatable bonds is 3. The van der Waals surface area contributed by atoms with Gasteiger partial charge >= 0.3 is 0 Å². The van der Waals surface area contributed by atoms with E-state index in [1.54, 1.807) is 13.1 Å². The van der Waals surface area contributed by atoms with Gasteiger partial charge in [-0.25, -0.2) is 4.68 Å². The van der Waals surface area contributed by atoms with Crippen molar-refractivity contribution in [2.45, 2.75) is 13.8 Å². The van der Waals surface area contributed by atoms with Gasteiger partial charge in [0.15, 0.2) is 0 Å². The lowest BCUT2D eigenvalue weighted by Gasteiger charge is -2.06. The molecule has 128 valence electrons. The Hall–Kier alpha value is -1.88. The fourth-order valence-electron chi connectivity index (χ4n) is 2.51. The molecule has 2 aromatic carbocycles. The van der Waals surface area contributed by atoms with Gasteiger partial charge in [0.1, 0.15) is 0 Å². The Morgan fingerprint density at radius 1 is 1.04 bits per heavy atom. The minimum absolute atomic E-state index is 0.519. The smallest absolute Gasteiger partial charge is 0.205 e. The van der Waals surface area contributed by atoms with E-state index in [1.807, 2.05) is 28.4 Å². The summed E-state index contributed by atoms with van der Waals surface area (Å²) >= 11 is 13.7. The van der Waals surface area contributed by atoms with E-state index in [9.17, 15) is 0 Å². The molecule has 0 atom stereocenters. The lowest BCUT2D eigenvalue weighted by atomic mass is 10.1. The highest BCUT2D eigenvalue weighted by Crippen LogP contribution is 2.28. The van der Waals surface area contributed by atoms with Crippen LogP contribution in [0.2, 0.25) is 10.0 Å². The summed E-state index contributed by atoms with van der Waals surface area (Å²) in [6, 6.07) is 11.9. The van der Waals surface area contributed by atoms with Crippen molar-refractivity contribution in [2.75, 3.05) is 7.05 Å². The van der Waals surface area contributed by atoms with Gasteiger partial charge < -0.3 is 0 Å². The predicted octanol–water partition coefficient (Wildman–Crippen LogP) is 5.55. The molecular weight excluding hydrogens is 373 g/mol. The highest BCUT2D eigenvalue weighted by molar-refractivity contribution is 7.07. The average molecular weight is 390 g/mol. The van der Waals surface area contributed by atoms with Crippen LogP contribution in [0.25, 0.3) is 11.3 Å². The van der Waals surface area contributed by atoms with Crippen LogP contribution in [-0.4, -0.2) is 17.9 Å². The fraction of sp³-hybridized carbons (Fsp3) is 0.158. The first kappa shape index (κ1) is 17.9. The number of hydrogen-bond acceptors (Lipinski definition) is 3. The van der Waals surface area contributed by atoms with Crippen LogP contribution in [0.3, 0.4) is 0 Å². The van der Waals surface area contributed by atoms with Crippen LogP contribution in [0.15, 0.2) is 51.9 Å². The third-order valence-corrected chi connectivity index (χ3v) is 5.48. The number of hydrogen-bond donors (Lipinski definition) is 0. The Bertz CT molecular complexity index is 1020. The molecule has 3 aromatic rings. The van der Waals surface area contributed by atoms with Crippen molar-refractivity contribution in [1.82, 2.24) is 4.68 Å². The summed E-state index contributed by atoms with van der Waals surface area (Å²) in [5.41, 5.74) is 5.36. The normalized spacial score (nSPS) is 12.3. The van der Waals surface area contributed by atoms with Crippen LogP contribution in [0.5, 0.6) is 0 Å². The molecule has 1 aromatic heterocycles. The molecule has 1 heterocycles. The molecule has 0 amide bonds. The molecule has 0 unspecified atom stereocenters. The Labute approximate surface area is 160 Å². The number of aryl methyl sites for hydroxylation is 2. The third kappa shape index (κ3) is 3.87. The van der Waals surface area contributed by atoms with E-state index in [0.717, 1.165) is 21.6 Å². The molecule has 0 radical (unpaired) electrons. The molecule has 6 heteroatoms. The minimum Gasteiger partial charge on any atom is -0.261 e. The first-order chi connectivity index (χ1) is 12.0. The molecule has 0 aliphatic heterocycles. The largest absolute Gasteiger partial charge is 0.261 e. The molecule has 0 fully saturated rings. The lowest BCUT2D eigenvalue weighted by Crippen LogP contribution is -2.11. The van der Waals surface area contributed by atoms with Gasteiger partial charge in [-0.3, -0.25) is 4.99 Å². The SMILES string of the molecule is CN=c1scc(-c2ccc(Cl)c(Cl)c2)n1/N=C/c1ccc(C)cc1C. The van der Waals surface area contributed by atoms with Gasteiger partial charge in [0, 0.05) is 18.0 Å². The van der Waals surface area contributed by atoms with Crippen LogP contribution >= 0.6 is 34.5 Å². The maximum Gasteiger partial charge on any atom is 0.205 e. The number of benzene rings is 2. The molecule has 3 rings (SSSR count). The maximum absolute atomic E-state index is 6.17. The molecule has 0 aliphatic rings. The second-order valence-electron chi connectivity index (χ2n) is 5.67. The van der Waals surface area contributed by atoms with Crippen LogP contribution in [-0.2, 0) is 0 Å². The molecule has 0 N–H and O–H groups in total. The second kappa shape index (κ2) is 7.56. The van der Waals surface area contributed by atoms with Gasteiger partial charge in [-0.05, 0) is 37.1 Å². The van der Waals surface area contributed by atoms with Crippen molar-refractivity contribution in [3.8, 4) is 11.3 Å². The highest BCUT2D eigenvalue weighted by Gasteiger charge is 2.09. The highest BCUT2D eigenvalue weighted by atomic mass is 35.5. The molecule has 25 heavy (non-hydrogen) atoms. The van der Waals surface area contributed by atoms with Crippen molar-refractivity contribution in [2.24, 2.45) is 10.1 Å². The Kier molecular flexibility index (Phi) is 5.42. The van der Waals surface area contributed by atoms with Crippen molar-refractivity contribution >= 4 is 40.8 Å². The van der Waals surface area contributed by atoms with Gasteiger partial charge in [-0.2, -0.15) is 5.10 Å². The Balaban J connectivity index is 2.08. The summed E-state index contributed by atoms with van der Waals surface area (Å²) in [6.07, 6.45) is 1.86. The van der Waals surface area contributed by atoms with Gasteiger partial charge in [-0.15, -0.1) is 11.3 Å². The zero-order chi connectivity index (χ0) is 18.0. The number of aromatic nitrogens is 1. The third-order valence-electron chi connectivity index (χ3n) is 3.83. The van der Waals surface area contributed by atoms with E-state index in [2.05, 4.69) is 42.1 Å². The minimum atomic E-state index is 0.519. The van der Waals surface area contributed by atoms with Crippen LogP contribution < -0.4 is 4.80 Å². The summed E-state index contributed by atoms with van der Waals surface area (Å²) in [5, 5.41) is 7.73. The number of nitrogens with zero attached hydrogens (tertiary/aromatic N) is 3. The van der Waals surface area contributed by atoms with Crippen molar-refractivity contribution in [3.63, 3.8) is 0 Å². The van der Waals surface area contributed by atoms with Crippen molar-refractivity contribution in [3.05, 3.63) is 73.3 Å². The van der Waals surface area contributed by atoms with E-state index < -0.39 is 0 Å². The van der Waals surface area contributed by atoms with Gasteiger partial charge in [0.25, 0.3) is 0 Å². The topological polar surface area (TPSA) is 29.6 Å². The first-order valence-corrected chi connectivity index (χ1v) is 9.33. The number of thiazole rings is 1. The molecule has 0 bridgehead atoms.